The molecular weight excluding hydrogens is 428 g/mol. The summed E-state index contributed by atoms with van der Waals surface area (Å²) in [6, 6.07) is 10.8. The first kappa shape index (κ1) is 20.8. The van der Waals surface area contributed by atoms with Crippen LogP contribution in [0.15, 0.2) is 48.7 Å². The first-order chi connectivity index (χ1) is 14.9. The Bertz CT molecular complexity index is 1120. The van der Waals surface area contributed by atoms with Gasteiger partial charge in [-0.25, -0.2) is 13.8 Å². The number of nitrogens with one attached hydrogen (secondary N) is 2. The van der Waals surface area contributed by atoms with Gasteiger partial charge in [0.05, 0.1) is 19.3 Å². The highest BCUT2D eigenvalue weighted by Gasteiger charge is 2.31. The Labute approximate surface area is 182 Å². The second-order valence-electron chi connectivity index (χ2n) is 6.87. The standard InChI is InChI=1S/C21H18ClF2N5O2/c1-25-20(30)12-3-2-4-14(7-12)27-19-17(24)9-26-21(28-19)29-10-15(11-29)31-18-6-5-13(22)8-16(18)23/h2-9,15H,10-11H2,1H3,(H,25,30)(H,26,27,28). The van der Waals surface area contributed by atoms with Crippen molar-refractivity contribution >= 4 is 35.0 Å². The van der Waals surface area contributed by atoms with Crippen molar-refractivity contribution in [1.82, 2.24) is 15.3 Å². The minimum absolute atomic E-state index is 0.0211. The summed E-state index contributed by atoms with van der Waals surface area (Å²) in [5, 5.41) is 5.70. The van der Waals surface area contributed by atoms with Crippen molar-refractivity contribution in [3.63, 3.8) is 0 Å². The summed E-state index contributed by atoms with van der Waals surface area (Å²) in [5.74, 6) is -1.02. The van der Waals surface area contributed by atoms with Crippen molar-refractivity contribution in [2.75, 3.05) is 30.4 Å². The Morgan fingerprint density at radius 1 is 1.19 bits per heavy atom. The summed E-state index contributed by atoms with van der Waals surface area (Å²) >= 11 is 5.74. The number of aromatic nitrogens is 2. The molecule has 31 heavy (non-hydrogen) atoms. The SMILES string of the molecule is CNC(=O)c1cccc(Nc2nc(N3CC(Oc4ccc(Cl)cc4F)C3)ncc2F)c1. The molecule has 3 aromatic rings. The molecule has 1 fully saturated rings. The monoisotopic (exact) mass is 445 g/mol. The highest BCUT2D eigenvalue weighted by molar-refractivity contribution is 6.30. The van der Waals surface area contributed by atoms with Gasteiger partial charge < -0.3 is 20.3 Å². The summed E-state index contributed by atoms with van der Waals surface area (Å²) < 4.78 is 33.7. The molecule has 1 aromatic heterocycles. The van der Waals surface area contributed by atoms with E-state index < -0.39 is 11.6 Å². The molecule has 7 nitrogen and oxygen atoms in total. The zero-order valence-corrected chi connectivity index (χ0v) is 17.2. The first-order valence-corrected chi connectivity index (χ1v) is 9.79. The zero-order valence-electron chi connectivity index (χ0n) is 16.4. The van der Waals surface area contributed by atoms with Gasteiger partial charge in [0.25, 0.3) is 5.91 Å². The van der Waals surface area contributed by atoms with Gasteiger partial charge in [0.2, 0.25) is 5.95 Å². The lowest BCUT2D eigenvalue weighted by molar-refractivity contribution is 0.0963. The van der Waals surface area contributed by atoms with Crippen molar-refractivity contribution in [3.8, 4) is 5.75 Å². The van der Waals surface area contributed by atoms with E-state index in [9.17, 15) is 13.6 Å². The maximum atomic E-state index is 14.2. The number of nitrogens with zero attached hydrogens (tertiary/aromatic N) is 3. The minimum Gasteiger partial charge on any atom is -0.484 e. The molecule has 0 unspecified atom stereocenters. The summed E-state index contributed by atoms with van der Waals surface area (Å²) in [4.78, 5) is 21.8. The molecule has 0 saturated carbocycles. The van der Waals surface area contributed by atoms with Crippen LogP contribution < -0.4 is 20.3 Å². The largest absolute Gasteiger partial charge is 0.484 e. The van der Waals surface area contributed by atoms with Gasteiger partial charge in [-0.3, -0.25) is 4.79 Å². The Morgan fingerprint density at radius 3 is 2.74 bits per heavy atom. The number of hydrogen-bond acceptors (Lipinski definition) is 6. The molecule has 0 atom stereocenters. The van der Waals surface area contributed by atoms with Gasteiger partial charge in [0.1, 0.15) is 6.10 Å². The molecule has 0 bridgehead atoms. The average molecular weight is 446 g/mol. The fourth-order valence-electron chi connectivity index (χ4n) is 3.04. The van der Waals surface area contributed by atoms with Gasteiger partial charge in [-0.05, 0) is 36.4 Å². The van der Waals surface area contributed by atoms with E-state index in [0.29, 0.717) is 35.3 Å². The van der Waals surface area contributed by atoms with Crippen molar-refractivity contribution in [1.29, 1.82) is 0 Å². The van der Waals surface area contributed by atoms with Crippen molar-refractivity contribution in [2.24, 2.45) is 0 Å². The third-order valence-corrected chi connectivity index (χ3v) is 4.90. The predicted molar refractivity (Wildman–Crippen MR) is 113 cm³/mol. The van der Waals surface area contributed by atoms with Crippen LogP contribution in [0, 0.1) is 11.6 Å². The van der Waals surface area contributed by atoms with E-state index in [2.05, 4.69) is 20.6 Å². The average Bonchev–Trinajstić information content (AvgIpc) is 2.73. The highest BCUT2D eigenvalue weighted by atomic mass is 35.5. The normalized spacial score (nSPS) is 13.5. The predicted octanol–water partition coefficient (Wildman–Crippen LogP) is 3.78. The fraction of sp³-hybridized carbons (Fsp3) is 0.190. The molecule has 1 aliphatic rings. The van der Waals surface area contributed by atoms with Gasteiger partial charge in [-0.1, -0.05) is 17.7 Å². The topological polar surface area (TPSA) is 79.4 Å². The van der Waals surface area contributed by atoms with Gasteiger partial charge in [-0.15, -0.1) is 0 Å². The number of amides is 1. The fourth-order valence-corrected chi connectivity index (χ4v) is 3.20. The lowest BCUT2D eigenvalue weighted by atomic mass is 10.2. The van der Waals surface area contributed by atoms with Gasteiger partial charge >= 0.3 is 0 Å². The molecule has 1 aliphatic heterocycles. The highest BCUT2D eigenvalue weighted by Crippen LogP contribution is 2.27. The van der Waals surface area contributed by atoms with E-state index in [1.54, 1.807) is 35.2 Å². The van der Waals surface area contributed by atoms with Crippen LogP contribution in [0.2, 0.25) is 5.02 Å². The van der Waals surface area contributed by atoms with Crippen LogP contribution in [0.3, 0.4) is 0 Å². The number of rotatable bonds is 6. The van der Waals surface area contributed by atoms with Gasteiger partial charge in [-0.2, -0.15) is 4.98 Å². The Morgan fingerprint density at radius 2 is 2.00 bits per heavy atom. The molecule has 1 saturated heterocycles. The van der Waals surface area contributed by atoms with Crippen LogP contribution in [-0.2, 0) is 0 Å². The second kappa shape index (κ2) is 8.73. The molecule has 0 spiro atoms. The van der Waals surface area contributed by atoms with E-state index in [1.807, 2.05) is 0 Å². The lowest BCUT2D eigenvalue weighted by Crippen LogP contribution is -2.54. The molecule has 10 heteroatoms. The van der Waals surface area contributed by atoms with E-state index in [1.165, 1.54) is 19.2 Å². The van der Waals surface area contributed by atoms with Crippen LogP contribution in [-0.4, -0.2) is 42.1 Å². The smallest absolute Gasteiger partial charge is 0.251 e. The van der Waals surface area contributed by atoms with Crippen LogP contribution in [0.25, 0.3) is 0 Å². The zero-order chi connectivity index (χ0) is 22.0. The third-order valence-electron chi connectivity index (χ3n) is 4.66. The summed E-state index contributed by atoms with van der Waals surface area (Å²) in [6.45, 7) is 0.832. The Hall–Kier alpha value is -3.46. The van der Waals surface area contributed by atoms with Crippen LogP contribution in [0.4, 0.5) is 26.2 Å². The maximum Gasteiger partial charge on any atom is 0.251 e. The number of ether oxygens (including phenoxy) is 1. The molecule has 0 aliphatic carbocycles. The number of halogens is 3. The molecular formula is C21H18ClF2N5O2. The maximum absolute atomic E-state index is 14.2. The molecule has 2 heterocycles. The lowest BCUT2D eigenvalue weighted by Gasteiger charge is -2.39. The van der Waals surface area contributed by atoms with Crippen molar-refractivity contribution in [2.45, 2.75) is 6.10 Å². The Balaban J connectivity index is 1.42. The number of benzene rings is 2. The van der Waals surface area contributed by atoms with Gasteiger partial charge in [0, 0.05) is 23.3 Å². The third kappa shape index (κ3) is 4.66. The van der Waals surface area contributed by atoms with Crippen LogP contribution >= 0.6 is 11.6 Å². The summed E-state index contributed by atoms with van der Waals surface area (Å²) in [6.07, 6.45) is 0.810. The Kier molecular flexibility index (Phi) is 5.85. The molecule has 2 aromatic carbocycles. The number of anilines is 3. The number of carbonyl (C=O) groups is 1. The first-order valence-electron chi connectivity index (χ1n) is 9.41. The van der Waals surface area contributed by atoms with Crippen molar-refractivity contribution < 1.29 is 18.3 Å². The molecule has 4 rings (SSSR count). The second-order valence-corrected chi connectivity index (χ2v) is 7.31. The van der Waals surface area contributed by atoms with Crippen LogP contribution in [0.5, 0.6) is 5.75 Å². The quantitative estimate of drug-likeness (QED) is 0.601. The van der Waals surface area contributed by atoms with E-state index in [4.69, 9.17) is 16.3 Å². The van der Waals surface area contributed by atoms with Crippen LogP contribution in [0.1, 0.15) is 10.4 Å². The van der Waals surface area contributed by atoms with E-state index in [-0.39, 0.29) is 23.6 Å². The minimum atomic E-state index is -0.634. The summed E-state index contributed by atoms with van der Waals surface area (Å²) in [7, 11) is 1.53. The number of carbonyl (C=O) groups excluding carboxylic acids is 1. The van der Waals surface area contributed by atoms with Gasteiger partial charge in [0.15, 0.2) is 23.2 Å². The van der Waals surface area contributed by atoms with E-state index in [0.717, 1.165) is 6.20 Å². The molecule has 2 N–H and O–H groups in total. The van der Waals surface area contributed by atoms with E-state index >= 15 is 0 Å². The molecule has 160 valence electrons. The summed E-state index contributed by atoms with van der Waals surface area (Å²) in [5.41, 5.74) is 0.937. The van der Waals surface area contributed by atoms with Crippen molar-refractivity contribution in [3.05, 3.63) is 70.9 Å². The molecule has 1 amide bonds. The molecule has 0 radical (unpaired) electrons. The number of hydrogen-bond donors (Lipinski definition) is 2.